The van der Waals surface area contributed by atoms with Crippen molar-refractivity contribution < 1.29 is 0 Å². The highest BCUT2D eigenvalue weighted by Gasteiger charge is 2.16. The molecule has 7 heteroatoms. The van der Waals surface area contributed by atoms with Gasteiger partial charge in [-0.2, -0.15) is 9.61 Å². The lowest BCUT2D eigenvalue weighted by molar-refractivity contribution is 0.214. The fourth-order valence-electron chi connectivity index (χ4n) is 2.17. The summed E-state index contributed by atoms with van der Waals surface area (Å²) < 4.78 is 1.83. The van der Waals surface area contributed by atoms with E-state index in [4.69, 9.17) is 11.6 Å². The van der Waals surface area contributed by atoms with E-state index in [0.29, 0.717) is 5.88 Å². The van der Waals surface area contributed by atoms with Crippen molar-refractivity contribution in [3.63, 3.8) is 0 Å². The highest BCUT2D eigenvalue weighted by molar-refractivity contribution is 7.16. The number of halogens is 1. The summed E-state index contributed by atoms with van der Waals surface area (Å²) in [4.78, 5) is 3.26. The van der Waals surface area contributed by atoms with Gasteiger partial charge in [0, 0.05) is 0 Å². The van der Waals surface area contributed by atoms with Gasteiger partial charge < -0.3 is 0 Å². The van der Waals surface area contributed by atoms with Crippen LogP contribution in [0.5, 0.6) is 0 Å². The average Bonchev–Trinajstić information content (AvgIpc) is 2.92. The summed E-state index contributed by atoms with van der Waals surface area (Å²) in [6.45, 7) is 3.15. The molecule has 0 saturated carbocycles. The van der Waals surface area contributed by atoms with Crippen LogP contribution in [-0.2, 0) is 12.4 Å². The molecule has 0 unspecified atom stereocenters. The maximum absolute atomic E-state index is 5.78. The lowest BCUT2D eigenvalue weighted by atomic mass is 10.1. The minimum atomic E-state index is 0.442. The van der Waals surface area contributed by atoms with Crippen molar-refractivity contribution in [3.8, 4) is 0 Å². The average molecular weight is 272 g/mol. The van der Waals surface area contributed by atoms with Gasteiger partial charge in [-0.1, -0.05) is 17.8 Å². The zero-order valence-corrected chi connectivity index (χ0v) is 11.0. The topological polar surface area (TPSA) is 46.3 Å². The predicted molar refractivity (Wildman–Crippen MR) is 67.3 cm³/mol. The van der Waals surface area contributed by atoms with Crippen molar-refractivity contribution in [2.45, 2.75) is 31.7 Å². The molecule has 3 heterocycles. The molecule has 1 fully saturated rings. The molecule has 17 heavy (non-hydrogen) atoms. The number of piperidine rings is 1. The van der Waals surface area contributed by atoms with E-state index < -0.39 is 0 Å². The first kappa shape index (κ1) is 11.4. The lowest BCUT2D eigenvalue weighted by Gasteiger charge is -2.25. The van der Waals surface area contributed by atoms with Gasteiger partial charge in [0.25, 0.3) is 0 Å². The van der Waals surface area contributed by atoms with Crippen LogP contribution in [0.2, 0.25) is 0 Å². The highest BCUT2D eigenvalue weighted by atomic mass is 35.5. The largest absolute Gasteiger partial charge is 0.296 e. The Bertz CT molecular complexity index is 502. The van der Waals surface area contributed by atoms with Crippen molar-refractivity contribution >= 4 is 27.9 Å². The van der Waals surface area contributed by atoms with E-state index in [2.05, 4.69) is 20.2 Å². The smallest absolute Gasteiger partial charge is 0.234 e. The molecule has 0 spiro atoms. The minimum Gasteiger partial charge on any atom is -0.296 e. The Morgan fingerprint density at radius 3 is 2.76 bits per heavy atom. The minimum absolute atomic E-state index is 0.442. The number of alkyl halides is 1. The van der Waals surface area contributed by atoms with Crippen molar-refractivity contribution in [1.82, 2.24) is 24.7 Å². The van der Waals surface area contributed by atoms with E-state index in [1.807, 2.05) is 4.52 Å². The molecule has 0 radical (unpaired) electrons. The molecule has 2 aromatic rings. The highest BCUT2D eigenvalue weighted by Crippen LogP contribution is 2.17. The number of rotatable bonds is 3. The molecule has 1 saturated heterocycles. The van der Waals surface area contributed by atoms with E-state index in [-0.39, 0.29) is 0 Å². The van der Waals surface area contributed by atoms with E-state index >= 15 is 0 Å². The number of hydrogen-bond acceptors (Lipinski definition) is 5. The number of aromatic nitrogens is 4. The quantitative estimate of drug-likeness (QED) is 0.800. The Hall–Kier alpha value is -0.720. The van der Waals surface area contributed by atoms with Gasteiger partial charge in [-0.25, -0.2) is 0 Å². The van der Waals surface area contributed by atoms with Crippen LogP contribution in [0.25, 0.3) is 4.96 Å². The van der Waals surface area contributed by atoms with E-state index in [9.17, 15) is 0 Å². The SMILES string of the molecule is ClCc1nn2c(CN3CCCCC3)nnc2s1. The van der Waals surface area contributed by atoms with Crippen molar-refractivity contribution in [3.05, 3.63) is 10.8 Å². The molecule has 0 N–H and O–H groups in total. The van der Waals surface area contributed by atoms with Gasteiger partial charge in [-0.15, -0.1) is 21.8 Å². The van der Waals surface area contributed by atoms with Gasteiger partial charge in [0.1, 0.15) is 5.01 Å². The van der Waals surface area contributed by atoms with E-state index in [1.54, 1.807) is 0 Å². The molecule has 0 amide bonds. The second-order valence-corrected chi connectivity index (χ2v) is 5.58. The van der Waals surface area contributed by atoms with Crippen molar-refractivity contribution in [1.29, 1.82) is 0 Å². The van der Waals surface area contributed by atoms with Gasteiger partial charge in [-0.05, 0) is 25.9 Å². The monoisotopic (exact) mass is 271 g/mol. The van der Waals surface area contributed by atoms with Crippen LogP contribution in [-0.4, -0.2) is 37.8 Å². The molecule has 92 valence electrons. The van der Waals surface area contributed by atoms with Crippen molar-refractivity contribution in [2.24, 2.45) is 0 Å². The van der Waals surface area contributed by atoms with E-state index in [1.165, 1.54) is 30.6 Å². The third-order valence-electron chi connectivity index (χ3n) is 3.03. The van der Waals surface area contributed by atoms with Crippen LogP contribution in [0.3, 0.4) is 0 Å². The third kappa shape index (κ3) is 2.29. The van der Waals surface area contributed by atoms with Crippen LogP contribution in [0.1, 0.15) is 30.1 Å². The third-order valence-corrected chi connectivity index (χ3v) is 4.34. The Morgan fingerprint density at radius 2 is 2.00 bits per heavy atom. The van der Waals surface area contributed by atoms with Gasteiger partial charge >= 0.3 is 0 Å². The summed E-state index contributed by atoms with van der Waals surface area (Å²) in [5.74, 6) is 1.37. The molecule has 0 aromatic carbocycles. The zero-order valence-electron chi connectivity index (χ0n) is 9.47. The first-order chi connectivity index (χ1) is 8.36. The van der Waals surface area contributed by atoms with E-state index in [0.717, 1.165) is 35.4 Å². The molecular formula is C10H14ClN5S. The van der Waals surface area contributed by atoms with Crippen LogP contribution in [0.15, 0.2) is 0 Å². The van der Waals surface area contributed by atoms with Gasteiger partial charge in [0.2, 0.25) is 4.96 Å². The molecule has 0 aliphatic carbocycles. The number of likely N-dealkylation sites (tertiary alicyclic amines) is 1. The Labute approximate surface area is 108 Å². The predicted octanol–water partition coefficient (Wildman–Crippen LogP) is 1.91. The molecule has 5 nitrogen and oxygen atoms in total. The summed E-state index contributed by atoms with van der Waals surface area (Å²) in [5, 5.41) is 13.6. The maximum Gasteiger partial charge on any atom is 0.234 e. The Kier molecular flexibility index (Phi) is 3.26. The summed E-state index contributed by atoms with van der Waals surface area (Å²) in [7, 11) is 0. The number of fused-ring (bicyclic) bond motifs is 1. The van der Waals surface area contributed by atoms with Crippen LogP contribution in [0, 0.1) is 0 Å². The molecule has 2 aromatic heterocycles. The molecule has 3 rings (SSSR count). The first-order valence-corrected chi connectivity index (χ1v) is 7.20. The van der Waals surface area contributed by atoms with Crippen LogP contribution < -0.4 is 0 Å². The normalized spacial score (nSPS) is 17.9. The first-order valence-electron chi connectivity index (χ1n) is 5.85. The molecule has 0 atom stereocenters. The van der Waals surface area contributed by atoms with Crippen molar-refractivity contribution in [2.75, 3.05) is 13.1 Å². The number of nitrogens with zero attached hydrogens (tertiary/aromatic N) is 5. The fraction of sp³-hybridized carbons (Fsp3) is 0.700. The second-order valence-electron chi connectivity index (χ2n) is 4.28. The second kappa shape index (κ2) is 4.88. The summed E-state index contributed by atoms with van der Waals surface area (Å²) in [6, 6.07) is 0. The number of hydrogen-bond donors (Lipinski definition) is 0. The van der Waals surface area contributed by atoms with Crippen LogP contribution >= 0.6 is 22.9 Å². The zero-order chi connectivity index (χ0) is 11.7. The fourth-order valence-corrected chi connectivity index (χ4v) is 3.09. The standard InChI is InChI=1S/C10H14ClN5S/c11-6-9-14-16-8(12-13-10(16)17-9)7-15-4-2-1-3-5-15/h1-7H2. The van der Waals surface area contributed by atoms with Crippen LogP contribution in [0.4, 0.5) is 0 Å². The molecular weight excluding hydrogens is 258 g/mol. The van der Waals surface area contributed by atoms with Gasteiger partial charge in [0.05, 0.1) is 12.4 Å². The lowest BCUT2D eigenvalue weighted by Crippen LogP contribution is -2.30. The Balaban J connectivity index is 1.81. The summed E-state index contributed by atoms with van der Waals surface area (Å²) >= 11 is 7.28. The summed E-state index contributed by atoms with van der Waals surface area (Å²) in [6.07, 6.45) is 3.91. The molecule has 1 aliphatic heterocycles. The molecule has 1 aliphatic rings. The molecule has 0 bridgehead atoms. The summed E-state index contributed by atoms with van der Waals surface area (Å²) in [5.41, 5.74) is 0. The van der Waals surface area contributed by atoms with Gasteiger partial charge in [0.15, 0.2) is 5.82 Å². The maximum atomic E-state index is 5.78. The van der Waals surface area contributed by atoms with Gasteiger partial charge in [-0.3, -0.25) is 4.90 Å². The Morgan fingerprint density at radius 1 is 1.18 bits per heavy atom.